The molecule has 5 rings (SSSR count). The van der Waals surface area contributed by atoms with Gasteiger partial charge in [0.25, 0.3) is 0 Å². The highest BCUT2D eigenvalue weighted by molar-refractivity contribution is 5.82. The van der Waals surface area contributed by atoms with E-state index in [4.69, 9.17) is 0 Å². The van der Waals surface area contributed by atoms with E-state index in [9.17, 15) is 0 Å². The molecule has 0 amide bonds. The van der Waals surface area contributed by atoms with Crippen LogP contribution in [-0.4, -0.2) is 52.4 Å². The fourth-order valence-electron chi connectivity index (χ4n) is 9.69. The summed E-state index contributed by atoms with van der Waals surface area (Å²) in [6.07, 6.45) is 9.49. The molecule has 0 aromatic heterocycles. The van der Waals surface area contributed by atoms with Gasteiger partial charge in [0.15, 0.2) is 0 Å². The number of rotatable bonds is 34. The van der Waals surface area contributed by atoms with Crippen LogP contribution in [0.25, 0.3) is 0 Å². The molecule has 0 aliphatic heterocycles. The average Bonchev–Trinajstić information content (AvgIpc) is 3.37. The van der Waals surface area contributed by atoms with Crippen LogP contribution in [0, 0.1) is 47.3 Å². The van der Waals surface area contributed by atoms with Gasteiger partial charge in [0.1, 0.15) is 0 Å². The molecule has 0 fully saturated rings. The summed E-state index contributed by atoms with van der Waals surface area (Å²) >= 11 is 0. The lowest BCUT2D eigenvalue weighted by atomic mass is 10.1. The van der Waals surface area contributed by atoms with Crippen molar-refractivity contribution in [1.82, 2.24) is 0 Å². The monoisotopic (exact) mass is 1030 g/mol. The van der Waals surface area contributed by atoms with E-state index in [0.717, 1.165) is 86.5 Å². The summed E-state index contributed by atoms with van der Waals surface area (Å²) in [4.78, 5) is 15.3. The van der Waals surface area contributed by atoms with E-state index in [1.54, 1.807) is 0 Å². The van der Waals surface area contributed by atoms with Gasteiger partial charge in [0, 0.05) is 109 Å². The lowest BCUT2D eigenvalue weighted by Crippen LogP contribution is -2.27. The van der Waals surface area contributed by atoms with Crippen molar-refractivity contribution >= 4 is 56.9 Å². The molecule has 0 saturated carbocycles. The fourth-order valence-corrected chi connectivity index (χ4v) is 9.69. The molecule has 0 aliphatic carbocycles. The molecule has 6 nitrogen and oxygen atoms in total. The zero-order valence-corrected chi connectivity index (χ0v) is 51.2. The number of benzene rings is 5. The Kier molecular flexibility index (Phi) is 25.5. The molecule has 5 aromatic carbocycles. The first-order valence-corrected chi connectivity index (χ1v) is 30.4. The Morgan fingerprint density at radius 2 is 0.289 bits per heavy atom. The molecule has 0 spiro atoms. The smallest absolute Gasteiger partial charge is 0.0463 e. The third kappa shape index (κ3) is 20.4. The van der Waals surface area contributed by atoms with Crippen LogP contribution in [0.3, 0.4) is 0 Å². The van der Waals surface area contributed by atoms with Crippen LogP contribution >= 0.6 is 0 Å². The van der Waals surface area contributed by atoms with Crippen molar-refractivity contribution in [2.24, 2.45) is 47.3 Å². The molecule has 6 heteroatoms. The summed E-state index contributed by atoms with van der Waals surface area (Å²) in [5, 5.41) is 0. The van der Waals surface area contributed by atoms with Crippen molar-refractivity contribution in [3.63, 3.8) is 0 Å². The molecular formula is C70H108N6. The van der Waals surface area contributed by atoms with Crippen LogP contribution in [0.5, 0.6) is 0 Å². The number of hydrogen-bond acceptors (Lipinski definition) is 6. The maximum Gasteiger partial charge on any atom is 0.0463 e. The number of hydrogen-bond donors (Lipinski definition) is 0. The molecule has 418 valence electrons. The third-order valence-electron chi connectivity index (χ3n) is 15.1. The van der Waals surface area contributed by atoms with Gasteiger partial charge in [-0.2, -0.15) is 0 Å². The van der Waals surface area contributed by atoms with Crippen molar-refractivity contribution in [2.75, 3.05) is 81.8 Å². The highest BCUT2D eigenvalue weighted by Crippen LogP contribution is 2.41. The quantitative estimate of drug-likeness (QED) is 0.0406. The van der Waals surface area contributed by atoms with Crippen LogP contribution in [0.15, 0.2) is 121 Å². The first-order valence-electron chi connectivity index (χ1n) is 30.4. The van der Waals surface area contributed by atoms with E-state index in [1.807, 2.05) is 0 Å². The zero-order chi connectivity index (χ0) is 55.3. The van der Waals surface area contributed by atoms with E-state index in [1.165, 1.54) is 74.1 Å². The Hall–Kier alpha value is -5.10. The molecule has 0 saturated heterocycles. The van der Waals surface area contributed by atoms with E-state index in [0.29, 0.717) is 47.3 Å². The summed E-state index contributed by atoms with van der Waals surface area (Å²) in [6, 6.07) is 47.0. The summed E-state index contributed by atoms with van der Waals surface area (Å²) in [5.74, 6) is 5.32. The Bertz CT molecular complexity index is 1950. The largest absolute Gasteiger partial charge is 0.372 e. The van der Waals surface area contributed by atoms with Crippen molar-refractivity contribution in [3.8, 4) is 0 Å². The van der Waals surface area contributed by atoms with Crippen LogP contribution in [0.4, 0.5) is 56.9 Å². The second-order valence-corrected chi connectivity index (χ2v) is 25.7. The topological polar surface area (TPSA) is 19.4 Å². The van der Waals surface area contributed by atoms with Gasteiger partial charge < -0.3 is 29.4 Å². The standard InChI is InChI=1S/C70H108N6/c1-53(2)37-45-71(46-38-54(3)4)61-17-25-65(26-18-61)75(66-27-19-62(20-28-66)72(47-39-55(5)6)48-40-56(7)8)69-33-35-70(36-34-69)76(67-29-21-63(22-30-67)73(49-41-57(9)10)50-42-58(11)12)68-31-23-64(24-32-68)74(51-43-59(13)14)52-44-60(15)16/h17-36,53-60H,37-52H2,1-16H3. The summed E-state index contributed by atoms with van der Waals surface area (Å²) < 4.78 is 0. The van der Waals surface area contributed by atoms with Gasteiger partial charge in [-0.3, -0.25) is 0 Å². The predicted molar refractivity (Wildman–Crippen MR) is 340 cm³/mol. The van der Waals surface area contributed by atoms with E-state index < -0.39 is 0 Å². The first-order chi connectivity index (χ1) is 36.3. The van der Waals surface area contributed by atoms with Crippen molar-refractivity contribution < 1.29 is 0 Å². The molecule has 0 aliphatic rings. The van der Waals surface area contributed by atoms with Crippen LogP contribution in [0.2, 0.25) is 0 Å². The summed E-state index contributed by atoms with van der Waals surface area (Å²) in [5.41, 5.74) is 12.2. The fraction of sp³-hybridized carbons (Fsp3) is 0.571. The first kappa shape index (κ1) is 61.7. The normalized spacial score (nSPS) is 11.9. The molecule has 5 aromatic rings. The van der Waals surface area contributed by atoms with Gasteiger partial charge in [-0.05, 0) is 220 Å². The lowest BCUT2D eigenvalue weighted by Gasteiger charge is -2.31. The predicted octanol–water partition coefficient (Wildman–Crippen LogP) is 20.2. The highest BCUT2D eigenvalue weighted by Gasteiger charge is 2.20. The maximum absolute atomic E-state index is 2.61. The van der Waals surface area contributed by atoms with Gasteiger partial charge in [-0.1, -0.05) is 111 Å². The van der Waals surface area contributed by atoms with Gasteiger partial charge in [-0.25, -0.2) is 0 Å². The third-order valence-corrected chi connectivity index (χ3v) is 15.1. The molecule has 0 atom stereocenters. The average molecular weight is 1030 g/mol. The summed E-state index contributed by atoms with van der Waals surface area (Å²) in [7, 11) is 0. The Morgan fingerprint density at radius 3 is 0.395 bits per heavy atom. The van der Waals surface area contributed by atoms with Gasteiger partial charge in [0.05, 0.1) is 0 Å². The van der Waals surface area contributed by atoms with Crippen molar-refractivity contribution in [1.29, 1.82) is 0 Å². The van der Waals surface area contributed by atoms with Crippen LogP contribution in [-0.2, 0) is 0 Å². The minimum absolute atomic E-state index is 0.664. The number of anilines is 10. The van der Waals surface area contributed by atoms with E-state index >= 15 is 0 Å². The molecule has 0 heterocycles. The molecule has 0 N–H and O–H groups in total. The molecule has 0 radical (unpaired) electrons. The highest BCUT2D eigenvalue weighted by atomic mass is 15.2. The Labute approximate surface area is 467 Å². The van der Waals surface area contributed by atoms with E-state index in [2.05, 4.69) is 262 Å². The van der Waals surface area contributed by atoms with Gasteiger partial charge in [0.2, 0.25) is 0 Å². The molecule has 76 heavy (non-hydrogen) atoms. The summed E-state index contributed by atoms with van der Waals surface area (Å²) in [6.45, 7) is 46.0. The molecule has 0 bridgehead atoms. The Balaban J connectivity index is 1.61. The zero-order valence-electron chi connectivity index (χ0n) is 51.2. The minimum atomic E-state index is 0.664. The number of nitrogens with zero attached hydrogens (tertiary/aromatic N) is 6. The van der Waals surface area contributed by atoms with Crippen LogP contribution in [0.1, 0.15) is 162 Å². The SMILES string of the molecule is CC(C)CCN(CCC(C)C)c1ccc(N(c2ccc(N(CCC(C)C)CCC(C)C)cc2)c2ccc(N(c3ccc(N(CCC(C)C)CCC(C)C)cc3)c3ccc(N(CCC(C)C)CCC(C)C)cc3)cc2)cc1. The van der Waals surface area contributed by atoms with Crippen LogP contribution < -0.4 is 29.4 Å². The lowest BCUT2D eigenvalue weighted by molar-refractivity contribution is 0.535. The van der Waals surface area contributed by atoms with Crippen molar-refractivity contribution in [3.05, 3.63) is 121 Å². The maximum atomic E-state index is 2.61. The minimum Gasteiger partial charge on any atom is -0.372 e. The van der Waals surface area contributed by atoms with Gasteiger partial charge in [-0.15, -0.1) is 0 Å². The van der Waals surface area contributed by atoms with E-state index in [-0.39, 0.29) is 0 Å². The second kappa shape index (κ2) is 31.3. The van der Waals surface area contributed by atoms with Crippen molar-refractivity contribution in [2.45, 2.75) is 162 Å². The molecular weight excluding hydrogens is 925 g/mol. The Morgan fingerprint density at radius 1 is 0.184 bits per heavy atom. The molecule has 0 unspecified atom stereocenters. The van der Waals surface area contributed by atoms with Gasteiger partial charge >= 0.3 is 0 Å². The second-order valence-electron chi connectivity index (χ2n) is 25.7.